The van der Waals surface area contributed by atoms with Crippen molar-refractivity contribution in [1.29, 1.82) is 0 Å². The van der Waals surface area contributed by atoms with Gasteiger partial charge in [-0.3, -0.25) is 4.21 Å². The van der Waals surface area contributed by atoms with Crippen molar-refractivity contribution in [3.8, 4) is 0 Å². The van der Waals surface area contributed by atoms with Crippen LogP contribution in [0.25, 0.3) is 0 Å². The van der Waals surface area contributed by atoms with E-state index in [0.717, 1.165) is 31.7 Å². The number of amides is 1. The minimum absolute atomic E-state index is 0.371. The van der Waals surface area contributed by atoms with Gasteiger partial charge in [0.25, 0.3) is 0 Å². The fourth-order valence-corrected chi connectivity index (χ4v) is 1.79. The standard InChI is InChI=1S/C12H26N2O3S/c1-12(2,3)17-11(15)14-9-5-7-13-8-6-10-18(4)16/h13H,5-10H2,1-4H3,(H,14,15). The lowest BCUT2D eigenvalue weighted by molar-refractivity contribution is 0.0527. The zero-order valence-corrected chi connectivity index (χ0v) is 12.7. The molecular weight excluding hydrogens is 252 g/mol. The Hall–Kier alpha value is -0.620. The first kappa shape index (κ1) is 17.4. The van der Waals surface area contributed by atoms with Gasteiger partial charge in [0.2, 0.25) is 0 Å². The van der Waals surface area contributed by atoms with E-state index in [1.54, 1.807) is 6.26 Å². The minimum atomic E-state index is -0.704. The Morgan fingerprint density at radius 1 is 1.17 bits per heavy atom. The van der Waals surface area contributed by atoms with Crippen LogP contribution in [0, 0.1) is 0 Å². The summed E-state index contributed by atoms with van der Waals surface area (Å²) in [6.45, 7) is 7.82. The second-order valence-corrected chi connectivity index (χ2v) is 6.72. The van der Waals surface area contributed by atoms with E-state index in [-0.39, 0.29) is 6.09 Å². The molecule has 0 saturated carbocycles. The highest BCUT2D eigenvalue weighted by molar-refractivity contribution is 7.84. The van der Waals surface area contributed by atoms with Crippen molar-refractivity contribution >= 4 is 16.9 Å². The van der Waals surface area contributed by atoms with Crippen molar-refractivity contribution in [2.75, 3.05) is 31.6 Å². The van der Waals surface area contributed by atoms with Gasteiger partial charge in [0, 0.05) is 29.4 Å². The molecule has 1 atom stereocenters. The maximum atomic E-state index is 11.3. The van der Waals surface area contributed by atoms with Gasteiger partial charge in [-0.25, -0.2) is 4.79 Å². The molecule has 0 radical (unpaired) electrons. The van der Waals surface area contributed by atoms with Gasteiger partial charge in [0.05, 0.1) is 0 Å². The second kappa shape index (κ2) is 9.33. The number of alkyl carbamates (subject to hydrolysis) is 1. The molecule has 108 valence electrons. The molecule has 0 aliphatic rings. The van der Waals surface area contributed by atoms with Crippen LogP contribution in [-0.2, 0) is 15.5 Å². The van der Waals surface area contributed by atoms with Crippen LogP contribution in [0.2, 0.25) is 0 Å². The number of hydrogen-bond donors (Lipinski definition) is 2. The normalized spacial score (nSPS) is 13.1. The first-order chi connectivity index (χ1) is 8.31. The fraction of sp³-hybridized carbons (Fsp3) is 0.917. The zero-order chi connectivity index (χ0) is 14.0. The Morgan fingerprint density at radius 3 is 2.33 bits per heavy atom. The van der Waals surface area contributed by atoms with E-state index in [4.69, 9.17) is 4.74 Å². The fourth-order valence-electron chi connectivity index (χ4n) is 1.24. The van der Waals surface area contributed by atoms with Crippen LogP contribution < -0.4 is 10.6 Å². The van der Waals surface area contributed by atoms with E-state index < -0.39 is 16.4 Å². The summed E-state index contributed by atoms with van der Waals surface area (Å²) in [6.07, 6.45) is 3.12. The highest BCUT2D eigenvalue weighted by atomic mass is 32.2. The van der Waals surface area contributed by atoms with Crippen LogP contribution in [-0.4, -0.2) is 47.5 Å². The minimum Gasteiger partial charge on any atom is -0.444 e. The summed E-state index contributed by atoms with van der Waals surface area (Å²) in [4.78, 5) is 11.3. The van der Waals surface area contributed by atoms with Gasteiger partial charge in [-0.15, -0.1) is 0 Å². The van der Waals surface area contributed by atoms with Gasteiger partial charge in [-0.1, -0.05) is 0 Å². The third kappa shape index (κ3) is 13.4. The van der Waals surface area contributed by atoms with E-state index in [1.165, 1.54) is 0 Å². The van der Waals surface area contributed by atoms with Crippen LogP contribution in [0.1, 0.15) is 33.6 Å². The van der Waals surface area contributed by atoms with Crippen molar-refractivity contribution in [1.82, 2.24) is 10.6 Å². The number of hydrogen-bond acceptors (Lipinski definition) is 4. The molecule has 0 aliphatic carbocycles. The Labute approximate surface area is 113 Å². The summed E-state index contributed by atoms with van der Waals surface area (Å²) in [5.41, 5.74) is -0.446. The average Bonchev–Trinajstić information content (AvgIpc) is 2.18. The van der Waals surface area contributed by atoms with Gasteiger partial charge >= 0.3 is 6.09 Å². The summed E-state index contributed by atoms with van der Waals surface area (Å²) in [5, 5.41) is 5.93. The molecule has 0 spiro atoms. The summed E-state index contributed by atoms with van der Waals surface area (Å²) in [7, 11) is -0.704. The zero-order valence-electron chi connectivity index (χ0n) is 11.9. The Bertz CT molecular complexity index is 265. The molecule has 5 nitrogen and oxygen atoms in total. The molecule has 0 heterocycles. The van der Waals surface area contributed by atoms with Crippen LogP contribution in [0.15, 0.2) is 0 Å². The van der Waals surface area contributed by atoms with Crippen molar-refractivity contribution in [2.24, 2.45) is 0 Å². The van der Waals surface area contributed by atoms with Gasteiger partial charge in [0.15, 0.2) is 0 Å². The predicted octanol–water partition coefficient (Wildman–Crippen LogP) is 1.26. The van der Waals surface area contributed by atoms with Crippen LogP contribution in [0.3, 0.4) is 0 Å². The lowest BCUT2D eigenvalue weighted by atomic mass is 10.2. The van der Waals surface area contributed by atoms with Gasteiger partial charge in [-0.05, 0) is 46.7 Å². The van der Waals surface area contributed by atoms with Crippen molar-refractivity contribution < 1.29 is 13.7 Å². The van der Waals surface area contributed by atoms with E-state index in [0.29, 0.717) is 6.54 Å². The first-order valence-corrected chi connectivity index (χ1v) is 8.01. The number of nitrogens with one attached hydrogen (secondary N) is 2. The molecule has 1 unspecified atom stereocenters. The molecule has 0 aliphatic heterocycles. The number of carbonyl (C=O) groups excluding carboxylic acids is 1. The monoisotopic (exact) mass is 278 g/mol. The third-order valence-electron chi connectivity index (χ3n) is 1.98. The van der Waals surface area contributed by atoms with E-state index >= 15 is 0 Å². The summed E-state index contributed by atoms with van der Waals surface area (Å²) in [6, 6.07) is 0. The molecule has 2 N–H and O–H groups in total. The summed E-state index contributed by atoms with van der Waals surface area (Å²) < 4.78 is 15.9. The molecule has 18 heavy (non-hydrogen) atoms. The second-order valence-electron chi connectivity index (χ2n) is 5.16. The lowest BCUT2D eigenvalue weighted by Gasteiger charge is -2.19. The van der Waals surface area contributed by atoms with E-state index in [2.05, 4.69) is 10.6 Å². The average molecular weight is 278 g/mol. The van der Waals surface area contributed by atoms with Gasteiger partial charge in [-0.2, -0.15) is 0 Å². The Kier molecular flexibility index (Phi) is 9.01. The van der Waals surface area contributed by atoms with Crippen LogP contribution >= 0.6 is 0 Å². The van der Waals surface area contributed by atoms with Crippen LogP contribution in [0.4, 0.5) is 4.79 Å². The molecule has 0 aromatic carbocycles. The maximum absolute atomic E-state index is 11.3. The van der Waals surface area contributed by atoms with Crippen molar-refractivity contribution in [3.05, 3.63) is 0 Å². The van der Waals surface area contributed by atoms with Crippen molar-refractivity contribution in [2.45, 2.75) is 39.2 Å². The maximum Gasteiger partial charge on any atom is 0.407 e. The molecule has 0 rings (SSSR count). The topological polar surface area (TPSA) is 67.4 Å². The third-order valence-corrected chi connectivity index (χ3v) is 2.85. The quantitative estimate of drug-likeness (QED) is 0.656. The molecule has 6 heteroatoms. The first-order valence-electron chi connectivity index (χ1n) is 6.29. The molecule has 0 bridgehead atoms. The Morgan fingerprint density at radius 2 is 1.78 bits per heavy atom. The highest BCUT2D eigenvalue weighted by Crippen LogP contribution is 2.06. The van der Waals surface area contributed by atoms with Crippen molar-refractivity contribution in [3.63, 3.8) is 0 Å². The predicted molar refractivity (Wildman–Crippen MR) is 75.3 cm³/mol. The molecular formula is C12H26N2O3S. The smallest absolute Gasteiger partial charge is 0.407 e. The molecule has 0 aromatic heterocycles. The van der Waals surface area contributed by atoms with E-state index in [1.807, 2.05) is 20.8 Å². The number of ether oxygens (including phenoxy) is 1. The van der Waals surface area contributed by atoms with Gasteiger partial charge < -0.3 is 15.4 Å². The highest BCUT2D eigenvalue weighted by Gasteiger charge is 2.15. The largest absolute Gasteiger partial charge is 0.444 e. The number of carbonyl (C=O) groups is 1. The lowest BCUT2D eigenvalue weighted by Crippen LogP contribution is -2.34. The summed E-state index contributed by atoms with van der Waals surface area (Å²) >= 11 is 0. The van der Waals surface area contributed by atoms with Gasteiger partial charge in [0.1, 0.15) is 5.60 Å². The Balaban J connectivity index is 3.30. The molecule has 0 aromatic rings. The van der Waals surface area contributed by atoms with Crippen LogP contribution in [0.5, 0.6) is 0 Å². The molecule has 0 fully saturated rings. The number of rotatable bonds is 8. The molecule has 1 amide bonds. The molecule has 0 saturated heterocycles. The van der Waals surface area contributed by atoms with E-state index in [9.17, 15) is 9.00 Å². The SMILES string of the molecule is CS(=O)CCCNCCCNC(=O)OC(C)(C)C. The summed E-state index contributed by atoms with van der Waals surface area (Å²) in [5.74, 6) is 0.739.